The molecule has 0 radical (unpaired) electrons. The molecule has 0 unspecified atom stereocenters. The largest absolute Gasteiger partial charge is 0.497 e. The molecule has 2 aliphatic rings. The minimum absolute atomic E-state index is 0.806. The Balaban J connectivity index is 1.48. The van der Waals surface area contributed by atoms with E-state index in [2.05, 4.69) is 79.7 Å². The highest BCUT2D eigenvalue weighted by Gasteiger charge is 2.40. The second-order valence-corrected chi connectivity index (χ2v) is 10.5. The van der Waals surface area contributed by atoms with Gasteiger partial charge in [0.2, 0.25) is 0 Å². The van der Waals surface area contributed by atoms with E-state index in [0.717, 1.165) is 51.5 Å². The molecule has 4 heteroatoms. The van der Waals surface area contributed by atoms with Crippen LogP contribution in [0.25, 0.3) is 28.0 Å². The number of ether oxygens (including phenoxy) is 4. The minimum atomic E-state index is -0.828. The van der Waals surface area contributed by atoms with E-state index < -0.39 is 5.60 Å². The fraction of sp³-hybridized carbons (Fsp3) is 0.167. The van der Waals surface area contributed by atoms with E-state index in [1.165, 1.54) is 33.2 Å². The van der Waals surface area contributed by atoms with Crippen molar-refractivity contribution in [1.82, 2.24) is 0 Å². The Kier molecular flexibility index (Phi) is 5.60. The molecule has 0 spiro atoms. The predicted octanol–water partition coefficient (Wildman–Crippen LogP) is 8.09. The van der Waals surface area contributed by atoms with Crippen molar-refractivity contribution in [3.05, 3.63) is 124 Å². The molecule has 0 N–H and O–H groups in total. The zero-order chi connectivity index (χ0) is 27.4. The van der Waals surface area contributed by atoms with E-state index in [1.807, 2.05) is 24.3 Å². The molecule has 1 heterocycles. The van der Waals surface area contributed by atoms with Crippen LogP contribution in [0.1, 0.15) is 33.4 Å². The van der Waals surface area contributed by atoms with Crippen molar-refractivity contribution in [3.63, 3.8) is 0 Å². The van der Waals surface area contributed by atoms with Crippen LogP contribution >= 0.6 is 0 Å². The Bertz CT molecular complexity index is 1750. The molecular weight excluding hydrogens is 496 g/mol. The van der Waals surface area contributed by atoms with Crippen LogP contribution in [0, 0.1) is 6.92 Å². The van der Waals surface area contributed by atoms with Crippen molar-refractivity contribution in [2.45, 2.75) is 18.9 Å². The zero-order valence-corrected chi connectivity index (χ0v) is 23.1. The van der Waals surface area contributed by atoms with Gasteiger partial charge < -0.3 is 18.9 Å². The maximum atomic E-state index is 7.28. The van der Waals surface area contributed by atoms with Crippen LogP contribution in [0.2, 0.25) is 0 Å². The lowest BCUT2D eigenvalue weighted by molar-refractivity contribution is 0.163. The first kappa shape index (κ1) is 24.3. The first-order valence-electron chi connectivity index (χ1n) is 13.5. The molecule has 0 amide bonds. The second kappa shape index (κ2) is 9.20. The van der Waals surface area contributed by atoms with Crippen LogP contribution in [0.15, 0.2) is 91.0 Å². The van der Waals surface area contributed by atoms with Gasteiger partial charge in [0.15, 0.2) is 5.60 Å². The van der Waals surface area contributed by atoms with Gasteiger partial charge in [-0.2, -0.15) is 0 Å². The molecule has 1 aliphatic heterocycles. The van der Waals surface area contributed by atoms with Crippen LogP contribution in [-0.2, 0) is 12.0 Å². The molecule has 7 rings (SSSR count). The Labute approximate surface area is 234 Å². The summed E-state index contributed by atoms with van der Waals surface area (Å²) >= 11 is 0. The third kappa shape index (κ3) is 3.60. The van der Waals surface area contributed by atoms with Gasteiger partial charge in [0.05, 0.1) is 21.3 Å². The van der Waals surface area contributed by atoms with Crippen LogP contribution < -0.4 is 18.9 Å². The van der Waals surface area contributed by atoms with Crippen LogP contribution in [0.3, 0.4) is 0 Å². The van der Waals surface area contributed by atoms with Crippen molar-refractivity contribution in [2.75, 3.05) is 21.3 Å². The van der Waals surface area contributed by atoms with Gasteiger partial charge in [0, 0.05) is 22.1 Å². The molecule has 0 bridgehead atoms. The number of hydrogen-bond acceptors (Lipinski definition) is 4. The van der Waals surface area contributed by atoms with Gasteiger partial charge in [-0.1, -0.05) is 54.1 Å². The quantitative estimate of drug-likeness (QED) is 0.227. The predicted molar refractivity (Wildman–Crippen MR) is 160 cm³/mol. The second-order valence-electron chi connectivity index (χ2n) is 10.5. The van der Waals surface area contributed by atoms with Crippen molar-refractivity contribution >= 4 is 16.8 Å². The molecular formula is C36H30O4. The zero-order valence-electron chi connectivity index (χ0n) is 23.1. The molecule has 5 aromatic rings. The Morgan fingerprint density at radius 2 is 1.30 bits per heavy atom. The lowest BCUT2D eigenvalue weighted by atomic mass is 9.82. The van der Waals surface area contributed by atoms with Gasteiger partial charge in [-0.3, -0.25) is 0 Å². The third-order valence-corrected chi connectivity index (χ3v) is 8.30. The molecule has 198 valence electrons. The summed E-state index contributed by atoms with van der Waals surface area (Å²) in [7, 11) is 5.09. The topological polar surface area (TPSA) is 36.9 Å². The van der Waals surface area contributed by atoms with Crippen LogP contribution in [0.4, 0.5) is 0 Å². The fourth-order valence-corrected chi connectivity index (χ4v) is 6.25. The van der Waals surface area contributed by atoms with Gasteiger partial charge in [-0.05, 0) is 89.5 Å². The summed E-state index contributed by atoms with van der Waals surface area (Å²) in [6.45, 7) is 2.14. The number of aryl methyl sites for hydroxylation is 1. The van der Waals surface area contributed by atoms with Crippen molar-refractivity contribution in [2.24, 2.45) is 0 Å². The summed E-state index contributed by atoms with van der Waals surface area (Å²) in [6.07, 6.45) is 5.29. The van der Waals surface area contributed by atoms with E-state index in [9.17, 15) is 0 Å². The number of methoxy groups -OCH3 is 3. The van der Waals surface area contributed by atoms with E-state index >= 15 is 0 Å². The van der Waals surface area contributed by atoms with Gasteiger partial charge in [0.25, 0.3) is 0 Å². The Hall–Kier alpha value is -4.70. The standard InChI is InChI=1S/C36H30O4/c1-22-5-15-30-33(19-22)35-31(32-21-23-20-28(39-4)14-16-29(23)34(30)32)17-18-36(40-35,24-6-10-26(37-2)11-7-24)25-8-12-27(38-3)13-9-25/h5-20H,21H2,1-4H3. The molecule has 5 aromatic carbocycles. The molecule has 0 fully saturated rings. The summed E-state index contributed by atoms with van der Waals surface area (Å²) in [4.78, 5) is 0. The molecule has 1 aliphatic carbocycles. The fourth-order valence-electron chi connectivity index (χ4n) is 6.25. The van der Waals surface area contributed by atoms with Crippen molar-refractivity contribution in [3.8, 4) is 34.1 Å². The number of fused-ring (bicyclic) bond motifs is 8. The minimum Gasteiger partial charge on any atom is -0.497 e. The summed E-state index contributed by atoms with van der Waals surface area (Å²) in [5.41, 5.74) is 8.68. The SMILES string of the molecule is COc1ccc(C2(c3ccc(OC)cc3)C=Cc3c4c(c5ccc(C)cc5c3O2)-c2ccc(OC)cc2C4)cc1. The molecule has 0 saturated heterocycles. The monoisotopic (exact) mass is 526 g/mol. The molecule has 4 nitrogen and oxygen atoms in total. The van der Waals surface area contributed by atoms with Crippen molar-refractivity contribution in [1.29, 1.82) is 0 Å². The molecule has 0 aromatic heterocycles. The van der Waals surface area contributed by atoms with Gasteiger partial charge in [0.1, 0.15) is 23.0 Å². The summed E-state index contributed by atoms with van der Waals surface area (Å²) in [5.74, 6) is 3.40. The van der Waals surface area contributed by atoms with Gasteiger partial charge in [-0.15, -0.1) is 0 Å². The normalized spacial score (nSPS) is 14.2. The summed E-state index contributed by atoms with van der Waals surface area (Å²) < 4.78 is 23.8. The van der Waals surface area contributed by atoms with E-state index in [-0.39, 0.29) is 0 Å². The lowest BCUT2D eigenvalue weighted by Gasteiger charge is -2.37. The number of rotatable bonds is 5. The van der Waals surface area contributed by atoms with Crippen LogP contribution in [0.5, 0.6) is 23.0 Å². The van der Waals surface area contributed by atoms with E-state index in [0.29, 0.717) is 0 Å². The summed E-state index contributed by atoms with van der Waals surface area (Å²) in [5, 5.41) is 2.32. The molecule has 0 atom stereocenters. The average molecular weight is 527 g/mol. The lowest BCUT2D eigenvalue weighted by Crippen LogP contribution is -2.34. The summed E-state index contributed by atoms with van der Waals surface area (Å²) in [6, 6.07) is 29.4. The Morgan fingerprint density at radius 3 is 1.93 bits per heavy atom. The van der Waals surface area contributed by atoms with E-state index in [4.69, 9.17) is 18.9 Å². The Morgan fingerprint density at radius 1 is 0.675 bits per heavy atom. The highest BCUT2D eigenvalue weighted by Crippen LogP contribution is 2.53. The third-order valence-electron chi connectivity index (χ3n) is 8.30. The van der Waals surface area contributed by atoms with E-state index in [1.54, 1.807) is 21.3 Å². The average Bonchev–Trinajstić information content (AvgIpc) is 3.40. The van der Waals surface area contributed by atoms with Gasteiger partial charge >= 0.3 is 0 Å². The maximum Gasteiger partial charge on any atom is 0.178 e. The number of hydrogen-bond donors (Lipinski definition) is 0. The van der Waals surface area contributed by atoms with Gasteiger partial charge in [-0.25, -0.2) is 0 Å². The molecule has 40 heavy (non-hydrogen) atoms. The first-order valence-corrected chi connectivity index (χ1v) is 13.5. The maximum absolute atomic E-state index is 7.28. The smallest absolute Gasteiger partial charge is 0.178 e. The highest BCUT2D eigenvalue weighted by molar-refractivity contribution is 6.07. The van der Waals surface area contributed by atoms with Crippen LogP contribution in [-0.4, -0.2) is 21.3 Å². The van der Waals surface area contributed by atoms with Crippen molar-refractivity contribution < 1.29 is 18.9 Å². The highest BCUT2D eigenvalue weighted by atomic mass is 16.5. The molecule has 0 saturated carbocycles. The first-order chi connectivity index (χ1) is 19.5. The number of benzene rings is 5.